The summed E-state index contributed by atoms with van der Waals surface area (Å²) in [5.74, 6) is -0.406. The van der Waals surface area contributed by atoms with Crippen LogP contribution in [0, 0.1) is 17.1 Å². The average Bonchev–Trinajstić information content (AvgIpc) is 3.13. The predicted octanol–water partition coefficient (Wildman–Crippen LogP) is 3.67. The van der Waals surface area contributed by atoms with Gasteiger partial charge in [0, 0.05) is 5.56 Å². The SMILES string of the molecule is CC(C)c1c(F)c(C#N)cc(C2CC2)c1N=C=O. The van der Waals surface area contributed by atoms with Crippen LogP contribution in [-0.4, -0.2) is 6.08 Å². The third-order valence-electron chi connectivity index (χ3n) is 3.17. The highest BCUT2D eigenvalue weighted by Crippen LogP contribution is 2.47. The van der Waals surface area contributed by atoms with E-state index in [0.29, 0.717) is 17.2 Å². The van der Waals surface area contributed by atoms with E-state index in [-0.39, 0.29) is 11.5 Å². The van der Waals surface area contributed by atoms with Gasteiger partial charge in [-0.3, -0.25) is 0 Å². The largest absolute Gasteiger partial charge is 0.240 e. The number of rotatable bonds is 3. The zero-order valence-corrected chi connectivity index (χ0v) is 10.3. The normalized spacial score (nSPS) is 14.2. The lowest BCUT2D eigenvalue weighted by molar-refractivity contribution is 0.564. The predicted molar refractivity (Wildman–Crippen MR) is 65.0 cm³/mol. The van der Waals surface area contributed by atoms with E-state index in [1.54, 1.807) is 0 Å². The highest BCUT2D eigenvalue weighted by molar-refractivity contribution is 5.64. The van der Waals surface area contributed by atoms with Crippen molar-refractivity contribution in [1.29, 1.82) is 5.26 Å². The summed E-state index contributed by atoms with van der Waals surface area (Å²) in [6.45, 7) is 3.64. The first-order valence-electron chi connectivity index (χ1n) is 5.94. The molecule has 0 bridgehead atoms. The fourth-order valence-electron chi connectivity index (χ4n) is 2.18. The molecule has 0 aliphatic heterocycles. The monoisotopic (exact) mass is 244 g/mol. The number of carbonyl (C=O) groups excluding carboxylic acids is 1. The molecular weight excluding hydrogens is 231 g/mol. The van der Waals surface area contributed by atoms with Crippen LogP contribution in [0.1, 0.15) is 55.2 Å². The molecule has 1 fully saturated rings. The maximum atomic E-state index is 14.2. The molecule has 0 heterocycles. The number of isocyanates is 1. The Balaban J connectivity index is 2.77. The third-order valence-corrected chi connectivity index (χ3v) is 3.17. The smallest absolute Gasteiger partial charge is 0.211 e. The van der Waals surface area contributed by atoms with Crippen LogP contribution in [0.15, 0.2) is 11.1 Å². The molecule has 0 spiro atoms. The molecule has 18 heavy (non-hydrogen) atoms. The topological polar surface area (TPSA) is 53.2 Å². The van der Waals surface area contributed by atoms with Gasteiger partial charge in [-0.25, -0.2) is 9.18 Å². The van der Waals surface area contributed by atoms with Gasteiger partial charge in [0.2, 0.25) is 6.08 Å². The first-order chi connectivity index (χ1) is 8.60. The van der Waals surface area contributed by atoms with Crippen molar-refractivity contribution < 1.29 is 9.18 Å². The van der Waals surface area contributed by atoms with Crippen molar-refractivity contribution in [2.45, 2.75) is 38.5 Å². The van der Waals surface area contributed by atoms with E-state index in [9.17, 15) is 9.18 Å². The molecule has 2 rings (SSSR count). The Morgan fingerprint density at radius 3 is 2.61 bits per heavy atom. The molecule has 3 nitrogen and oxygen atoms in total. The number of aliphatic imine (C=N–C) groups is 1. The molecule has 0 amide bonds. The van der Waals surface area contributed by atoms with Gasteiger partial charge in [0.25, 0.3) is 0 Å². The van der Waals surface area contributed by atoms with Crippen molar-refractivity contribution in [2.24, 2.45) is 4.99 Å². The fraction of sp³-hybridized carbons (Fsp3) is 0.429. The van der Waals surface area contributed by atoms with E-state index < -0.39 is 5.82 Å². The lowest BCUT2D eigenvalue weighted by Crippen LogP contribution is -2.01. The molecule has 1 aromatic carbocycles. The van der Waals surface area contributed by atoms with Gasteiger partial charge in [-0.2, -0.15) is 10.3 Å². The Morgan fingerprint density at radius 1 is 1.50 bits per heavy atom. The van der Waals surface area contributed by atoms with Gasteiger partial charge >= 0.3 is 0 Å². The van der Waals surface area contributed by atoms with Gasteiger partial charge in [-0.15, -0.1) is 0 Å². The zero-order chi connectivity index (χ0) is 13.3. The van der Waals surface area contributed by atoms with Gasteiger partial charge in [-0.05, 0) is 36.3 Å². The number of nitriles is 1. The second-order valence-corrected chi connectivity index (χ2v) is 4.83. The summed E-state index contributed by atoms with van der Waals surface area (Å²) in [6.07, 6.45) is 3.48. The maximum Gasteiger partial charge on any atom is 0.240 e. The summed E-state index contributed by atoms with van der Waals surface area (Å²) < 4.78 is 14.2. The van der Waals surface area contributed by atoms with Crippen LogP contribution in [0.25, 0.3) is 0 Å². The van der Waals surface area contributed by atoms with Crippen molar-refractivity contribution in [1.82, 2.24) is 0 Å². The Bertz CT molecular complexity index is 576. The fourth-order valence-corrected chi connectivity index (χ4v) is 2.18. The standard InChI is InChI=1S/C14H13FN2O/c1-8(2)12-13(15)10(6-16)5-11(9-3-4-9)14(12)17-7-18/h5,8-9H,3-4H2,1-2H3. The summed E-state index contributed by atoms with van der Waals surface area (Å²) in [6, 6.07) is 3.39. The maximum absolute atomic E-state index is 14.2. The Hall–Kier alpha value is -1.98. The molecular formula is C14H13FN2O. The summed E-state index contributed by atoms with van der Waals surface area (Å²) in [5, 5.41) is 8.97. The third kappa shape index (κ3) is 2.05. The van der Waals surface area contributed by atoms with Gasteiger partial charge in [0.05, 0.1) is 11.3 Å². The molecule has 0 radical (unpaired) electrons. The van der Waals surface area contributed by atoms with Crippen molar-refractivity contribution in [2.75, 3.05) is 0 Å². The van der Waals surface area contributed by atoms with Gasteiger partial charge in [-0.1, -0.05) is 13.8 Å². The van der Waals surface area contributed by atoms with Crippen LogP contribution < -0.4 is 0 Å². The molecule has 4 heteroatoms. The van der Waals surface area contributed by atoms with Crippen molar-refractivity contribution in [3.8, 4) is 6.07 Å². The molecule has 0 aromatic heterocycles. The molecule has 1 aromatic rings. The van der Waals surface area contributed by atoms with Crippen molar-refractivity contribution in [3.05, 3.63) is 28.6 Å². The van der Waals surface area contributed by atoms with E-state index in [4.69, 9.17) is 5.26 Å². The number of nitrogens with zero attached hydrogens (tertiary/aromatic N) is 2. The molecule has 1 saturated carbocycles. The molecule has 1 aliphatic carbocycles. The summed E-state index contributed by atoms with van der Waals surface area (Å²) >= 11 is 0. The molecule has 0 unspecified atom stereocenters. The molecule has 92 valence electrons. The summed E-state index contributed by atoms with van der Waals surface area (Å²) in [7, 11) is 0. The second-order valence-electron chi connectivity index (χ2n) is 4.83. The number of benzene rings is 1. The average molecular weight is 244 g/mol. The van der Waals surface area contributed by atoms with Crippen molar-refractivity contribution >= 4 is 11.8 Å². The summed E-state index contributed by atoms with van der Waals surface area (Å²) in [5.41, 5.74) is 1.56. The van der Waals surface area contributed by atoms with Crippen LogP contribution in [0.5, 0.6) is 0 Å². The van der Waals surface area contributed by atoms with Gasteiger partial charge in [0.15, 0.2) is 0 Å². The first kappa shape index (κ1) is 12.5. The first-order valence-corrected chi connectivity index (χ1v) is 5.94. The Morgan fingerprint density at radius 2 is 2.17 bits per heavy atom. The highest BCUT2D eigenvalue weighted by atomic mass is 19.1. The van der Waals surface area contributed by atoms with E-state index in [0.717, 1.165) is 18.4 Å². The van der Waals surface area contributed by atoms with E-state index in [1.807, 2.05) is 19.9 Å². The van der Waals surface area contributed by atoms with Crippen LogP contribution in [0.3, 0.4) is 0 Å². The number of halogens is 1. The van der Waals surface area contributed by atoms with Crippen LogP contribution >= 0.6 is 0 Å². The van der Waals surface area contributed by atoms with E-state index in [2.05, 4.69) is 4.99 Å². The Kier molecular flexibility index (Phi) is 3.27. The number of hydrogen-bond acceptors (Lipinski definition) is 3. The minimum atomic E-state index is -0.564. The molecule has 1 aliphatic rings. The summed E-state index contributed by atoms with van der Waals surface area (Å²) in [4.78, 5) is 14.2. The van der Waals surface area contributed by atoms with E-state index in [1.165, 1.54) is 12.1 Å². The van der Waals surface area contributed by atoms with E-state index >= 15 is 0 Å². The molecule has 0 atom stereocenters. The van der Waals surface area contributed by atoms with Crippen LogP contribution in [0.4, 0.5) is 10.1 Å². The van der Waals surface area contributed by atoms with Crippen LogP contribution in [0.2, 0.25) is 0 Å². The zero-order valence-electron chi connectivity index (χ0n) is 10.3. The van der Waals surface area contributed by atoms with Gasteiger partial charge < -0.3 is 0 Å². The minimum absolute atomic E-state index is 0.0328. The Labute approximate surface area is 105 Å². The minimum Gasteiger partial charge on any atom is -0.211 e. The highest BCUT2D eigenvalue weighted by Gasteiger charge is 2.30. The second kappa shape index (κ2) is 4.72. The van der Waals surface area contributed by atoms with Crippen LogP contribution in [-0.2, 0) is 4.79 Å². The molecule has 0 N–H and O–H groups in total. The van der Waals surface area contributed by atoms with Gasteiger partial charge in [0.1, 0.15) is 11.9 Å². The quantitative estimate of drug-likeness (QED) is 0.601. The lowest BCUT2D eigenvalue weighted by atomic mass is 9.92. The lowest BCUT2D eigenvalue weighted by Gasteiger charge is -2.15. The molecule has 0 saturated heterocycles. The number of hydrogen-bond donors (Lipinski definition) is 0. The van der Waals surface area contributed by atoms with Crippen molar-refractivity contribution in [3.63, 3.8) is 0 Å².